The lowest BCUT2D eigenvalue weighted by atomic mass is 10.0. The van der Waals surface area contributed by atoms with Gasteiger partial charge >= 0.3 is 0 Å². The molecule has 3 heteroatoms. The minimum Gasteiger partial charge on any atom is -0.383 e. The van der Waals surface area contributed by atoms with Gasteiger partial charge in [0.15, 0.2) is 0 Å². The summed E-state index contributed by atoms with van der Waals surface area (Å²) in [4.78, 5) is 0.811. The smallest absolute Gasteiger partial charge is 0.115 e. The van der Waals surface area contributed by atoms with Gasteiger partial charge in [0.25, 0.3) is 0 Å². The third-order valence-electron chi connectivity index (χ3n) is 2.38. The first-order valence-electron chi connectivity index (χ1n) is 4.66. The summed E-state index contributed by atoms with van der Waals surface area (Å²) >= 11 is 7.47. The van der Waals surface area contributed by atoms with E-state index in [-0.39, 0.29) is 0 Å². The zero-order valence-electron chi connectivity index (χ0n) is 8.27. The second kappa shape index (κ2) is 4.35. The molecule has 0 fully saturated rings. The average molecular weight is 239 g/mol. The molecule has 1 heterocycles. The Morgan fingerprint density at radius 2 is 2.00 bits per heavy atom. The molecule has 0 aliphatic carbocycles. The zero-order chi connectivity index (χ0) is 10.8. The van der Waals surface area contributed by atoms with Gasteiger partial charge in [0.1, 0.15) is 6.10 Å². The molecule has 78 valence electrons. The van der Waals surface area contributed by atoms with Crippen LogP contribution in [0.4, 0.5) is 0 Å². The van der Waals surface area contributed by atoms with Gasteiger partial charge in [-0.3, -0.25) is 0 Å². The number of halogens is 1. The van der Waals surface area contributed by atoms with E-state index < -0.39 is 6.10 Å². The van der Waals surface area contributed by atoms with Crippen LogP contribution in [0.3, 0.4) is 0 Å². The summed E-state index contributed by atoms with van der Waals surface area (Å²) in [5, 5.41) is 12.7. The lowest BCUT2D eigenvalue weighted by Gasteiger charge is -2.12. The highest BCUT2D eigenvalue weighted by atomic mass is 35.5. The molecule has 0 aliphatic rings. The second-order valence-corrected chi connectivity index (χ2v) is 4.75. The number of benzene rings is 1. The normalized spacial score (nSPS) is 12.7. The van der Waals surface area contributed by atoms with Gasteiger partial charge in [-0.15, -0.1) is 11.3 Å². The third kappa shape index (κ3) is 2.07. The number of thiophene rings is 1. The summed E-state index contributed by atoms with van der Waals surface area (Å²) in [6.07, 6.45) is -0.612. The Morgan fingerprint density at radius 3 is 2.60 bits per heavy atom. The molecule has 1 atom stereocenters. The molecule has 1 aromatic carbocycles. The van der Waals surface area contributed by atoms with Crippen molar-refractivity contribution in [2.24, 2.45) is 0 Å². The summed E-state index contributed by atoms with van der Waals surface area (Å²) in [5.41, 5.74) is 2.00. The molecular weight excluding hydrogens is 228 g/mol. The predicted octanol–water partition coefficient (Wildman–Crippen LogP) is 3.79. The van der Waals surface area contributed by atoms with Gasteiger partial charge in [0, 0.05) is 0 Å². The van der Waals surface area contributed by atoms with Gasteiger partial charge in [0.2, 0.25) is 0 Å². The van der Waals surface area contributed by atoms with Gasteiger partial charge < -0.3 is 5.11 Å². The van der Waals surface area contributed by atoms with Crippen LogP contribution in [-0.4, -0.2) is 5.11 Å². The molecule has 2 aromatic rings. The number of hydrogen-bond acceptors (Lipinski definition) is 2. The molecule has 0 spiro atoms. The first-order chi connectivity index (χ1) is 7.20. The Morgan fingerprint density at radius 1 is 1.27 bits per heavy atom. The van der Waals surface area contributed by atoms with E-state index in [0.717, 1.165) is 16.0 Å². The van der Waals surface area contributed by atoms with Crippen LogP contribution in [0, 0.1) is 6.92 Å². The van der Waals surface area contributed by atoms with E-state index in [1.165, 1.54) is 11.3 Å². The Kier molecular flexibility index (Phi) is 3.10. The summed E-state index contributed by atoms with van der Waals surface area (Å²) in [6.45, 7) is 1.99. The van der Waals surface area contributed by atoms with Crippen LogP contribution < -0.4 is 0 Å². The number of hydrogen-bond donors (Lipinski definition) is 1. The van der Waals surface area contributed by atoms with Gasteiger partial charge in [-0.05, 0) is 29.5 Å². The van der Waals surface area contributed by atoms with Crippen LogP contribution in [-0.2, 0) is 0 Å². The van der Waals surface area contributed by atoms with Crippen LogP contribution in [0.1, 0.15) is 22.1 Å². The fraction of sp³-hybridized carbons (Fsp3) is 0.167. The molecule has 15 heavy (non-hydrogen) atoms. The van der Waals surface area contributed by atoms with Crippen LogP contribution in [0.2, 0.25) is 5.02 Å². The maximum absolute atomic E-state index is 10.2. The van der Waals surface area contributed by atoms with Crippen LogP contribution in [0.15, 0.2) is 35.7 Å². The van der Waals surface area contributed by atoms with Crippen LogP contribution in [0.25, 0.3) is 0 Å². The van der Waals surface area contributed by atoms with E-state index in [1.54, 1.807) is 0 Å². The van der Waals surface area contributed by atoms with Gasteiger partial charge in [-0.25, -0.2) is 0 Å². The Balaban J connectivity index is 2.41. The molecule has 2 rings (SSSR count). The monoisotopic (exact) mass is 238 g/mol. The summed E-state index contributed by atoms with van der Waals surface area (Å²) in [5.74, 6) is 0. The van der Waals surface area contributed by atoms with E-state index >= 15 is 0 Å². The predicted molar refractivity (Wildman–Crippen MR) is 64.6 cm³/mol. The van der Waals surface area contributed by atoms with E-state index in [0.29, 0.717) is 5.02 Å². The van der Waals surface area contributed by atoms with Crippen molar-refractivity contribution in [3.8, 4) is 0 Å². The minimum atomic E-state index is -0.612. The van der Waals surface area contributed by atoms with Crippen molar-refractivity contribution in [3.63, 3.8) is 0 Å². The average Bonchev–Trinajstić information content (AvgIpc) is 2.64. The number of rotatable bonds is 2. The Labute approximate surface area is 98.0 Å². The number of aryl methyl sites for hydroxylation is 1. The molecule has 0 bridgehead atoms. The van der Waals surface area contributed by atoms with Gasteiger partial charge in [-0.2, -0.15) is 0 Å². The van der Waals surface area contributed by atoms with Crippen molar-refractivity contribution in [1.29, 1.82) is 0 Å². The Bertz CT molecular complexity index is 464. The van der Waals surface area contributed by atoms with Gasteiger partial charge in [-0.1, -0.05) is 35.9 Å². The maximum atomic E-state index is 10.2. The highest BCUT2D eigenvalue weighted by Crippen LogP contribution is 2.33. The first-order valence-corrected chi connectivity index (χ1v) is 5.92. The van der Waals surface area contributed by atoms with E-state index in [4.69, 9.17) is 11.6 Å². The SMILES string of the molecule is Cc1ccccc1C(O)c1sccc1Cl. The van der Waals surface area contributed by atoms with Gasteiger partial charge in [0.05, 0.1) is 9.90 Å². The molecule has 1 aromatic heterocycles. The lowest BCUT2D eigenvalue weighted by molar-refractivity contribution is 0.223. The van der Waals surface area contributed by atoms with Crippen molar-refractivity contribution in [2.45, 2.75) is 13.0 Å². The molecule has 1 unspecified atom stereocenters. The van der Waals surface area contributed by atoms with E-state index in [2.05, 4.69) is 0 Å². The third-order valence-corrected chi connectivity index (χ3v) is 3.79. The summed E-state index contributed by atoms with van der Waals surface area (Å²) < 4.78 is 0. The van der Waals surface area contributed by atoms with Crippen molar-refractivity contribution in [1.82, 2.24) is 0 Å². The van der Waals surface area contributed by atoms with Crippen molar-refractivity contribution < 1.29 is 5.11 Å². The molecule has 0 amide bonds. The van der Waals surface area contributed by atoms with Crippen molar-refractivity contribution in [3.05, 3.63) is 56.7 Å². The molecule has 0 radical (unpaired) electrons. The first kappa shape index (κ1) is 10.7. The van der Waals surface area contributed by atoms with Crippen molar-refractivity contribution in [2.75, 3.05) is 0 Å². The molecule has 0 aliphatic heterocycles. The fourth-order valence-electron chi connectivity index (χ4n) is 1.54. The number of aliphatic hydroxyl groups excluding tert-OH is 1. The highest BCUT2D eigenvalue weighted by Gasteiger charge is 2.16. The molecular formula is C12H11ClOS. The zero-order valence-corrected chi connectivity index (χ0v) is 9.85. The molecule has 1 N–H and O–H groups in total. The second-order valence-electron chi connectivity index (χ2n) is 3.39. The van der Waals surface area contributed by atoms with E-state index in [1.807, 2.05) is 42.6 Å². The summed E-state index contributed by atoms with van der Waals surface area (Å²) in [7, 11) is 0. The minimum absolute atomic E-state index is 0.612. The quantitative estimate of drug-likeness (QED) is 0.844. The van der Waals surface area contributed by atoms with E-state index in [9.17, 15) is 5.11 Å². The fourth-order valence-corrected chi connectivity index (χ4v) is 2.70. The van der Waals surface area contributed by atoms with Crippen LogP contribution in [0.5, 0.6) is 0 Å². The topological polar surface area (TPSA) is 20.2 Å². The standard InChI is InChI=1S/C12H11ClOS/c1-8-4-2-3-5-9(8)11(14)12-10(13)6-7-15-12/h2-7,11,14H,1H3. The lowest BCUT2D eigenvalue weighted by Crippen LogP contribution is -1.99. The molecule has 1 nitrogen and oxygen atoms in total. The van der Waals surface area contributed by atoms with Crippen molar-refractivity contribution >= 4 is 22.9 Å². The maximum Gasteiger partial charge on any atom is 0.115 e. The Hall–Kier alpha value is -0.830. The molecule has 0 saturated heterocycles. The number of aliphatic hydroxyl groups is 1. The molecule has 0 saturated carbocycles. The highest BCUT2D eigenvalue weighted by molar-refractivity contribution is 7.10. The van der Waals surface area contributed by atoms with Crippen LogP contribution >= 0.6 is 22.9 Å². The largest absolute Gasteiger partial charge is 0.383 e. The summed E-state index contributed by atoms with van der Waals surface area (Å²) in [6, 6.07) is 9.60.